The summed E-state index contributed by atoms with van der Waals surface area (Å²) < 4.78 is 0. The van der Waals surface area contributed by atoms with Gasteiger partial charge in [0.25, 0.3) is 0 Å². The Hall–Kier alpha value is -0.0800. The molecule has 3 N–H and O–H groups in total. The molecule has 0 saturated heterocycles. The Balaban J connectivity index is 3.53. The van der Waals surface area contributed by atoms with Crippen molar-refractivity contribution in [2.75, 3.05) is 0 Å². The molecule has 0 aromatic heterocycles. The number of nitrogens with two attached hydrogens (primary N) is 1. The highest BCUT2D eigenvalue weighted by atomic mass is 15.2. The second-order valence-corrected chi connectivity index (χ2v) is 3.78. The van der Waals surface area contributed by atoms with E-state index in [2.05, 4.69) is 26.2 Å². The molecule has 0 amide bonds. The molecule has 0 aliphatic heterocycles. The second kappa shape index (κ2) is 7.56. The van der Waals surface area contributed by atoms with Crippen molar-refractivity contribution in [3.05, 3.63) is 0 Å². The minimum atomic E-state index is 0.525. The topological polar surface area (TPSA) is 38.0 Å². The molecule has 0 aromatic rings. The molecule has 0 fully saturated rings. The van der Waals surface area contributed by atoms with Crippen LogP contribution in [0.25, 0.3) is 0 Å². The molecule has 0 aromatic carbocycles. The Kier molecular flexibility index (Phi) is 7.51. The monoisotopic (exact) mass is 172 g/mol. The molecule has 0 heterocycles. The lowest BCUT2D eigenvalue weighted by atomic mass is 9.95. The van der Waals surface area contributed by atoms with Gasteiger partial charge < -0.3 is 0 Å². The van der Waals surface area contributed by atoms with Crippen LogP contribution in [0.15, 0.2) is 0 Å². The van der Waals surface area contributed by atoms with Crippen LogP contribution in [0.3, 0.4) is 0 Å². The van der Waals surface area contributed by atoms with Gasteiger partial charge in [0.2, 0.25) is 0 Å². The smallest absolute Gasteiger partial charge is 0.0213 e. The number of hydrogen-bond donors (Lipinski definition) is 2. The van der Waals surface area contributed by atoms with Crippen LogP contribution in [0.4, 0.5) is 0 Å². The Morgan fingerprint density at radius 2 is 1.75 bits per heavy atom. The normalized spacial score (nSPS) is 16.0. The van der Waals surface area contributed by atoms with Gasteiger partial charge in [-0.1, -0.05) is 40.0 Å². The molecule has 0 aliphatic rings. The highest BCUT2D eigenvalue weighted by Crippen LogP contribution is 2.14. The standard InChI is InChI=1S/C10H24N2/c1-4-6-9(3)8-10(12-11)7-5-2/h9-10,12H,4-8,11H2,1-3H3. The first kappa shape index (κ1) is 11.9. The molecular weight excluding hydrogens is 148 g/mol. The summed E-state index contributed by atoms with van der Waals surface area (Å²) in [6.07, 6.45) is 6.24. The van der Waals surface area contributed by atoms with Crippen LogP contribution < -0.4 is 11.3 Å². The van der Waals surface area contributed by atoms with Crippen molar-refractivity contribution in [1.29, 1.82) is 0 Å². The molecule has 74 valence electrons. The summed E-state index contributed by atoms with van der Waals surface area (Å²) in [4.78, 5) is 0. The van der Waals surface area contributed by atoms with E-state index in [0.717, 1.165) is 5.92 Å². The second-order valence-electron chi connectivity index (χ2n) is 3.78. The average molecular weight is 172 g/mol. The first-order valence-electron chi connectivity index (χ1n) is 5.20. The van der Waals surface area contributed by atoms with Crippen molar-refractivity contribution >= 4 is 0 Å². The summed E-state index contributed by atoms with van der Waals surface area (Å²) in [6, 6.07) is 0.525. The lowest BCUT2D eigenvalue weighted by Gasteiger charge is -2.19. The molecule has 0 bridgehead atoms. The molecule has 0 rings (SSSR count). The van der Waals surface area contributed by atoms with Gasteiger partial charge in [0.05, 0.1) is 0 Å². The van der Waals surface area contributed by atoms with Crippen LogP contribution in [-0.2, 0) is 0 Å². The van der Waals surface area contributed by atoms with Gasteiger partial charge in [-0.05, 0) is 18.8 Å². The number of hydrazine groups is 1. The maximum atomic E-state index is 5.45. The fraction of sp³-hybridized carbons (Fsp3) is 1.00. The zero-order valence-electron chi connectivity index (χ0n) is 8.77. The van der Waals surface area contributed by atoms with Crippen LogP contribution in [0.5, 0.6) is 0 Å². The Bertz CT molecular complexity index is 93.8. The Labute approximate surface area is 76.9 Å². The minimum absolute atomic E-state index is 0.525. The van der Waals surface area contributed by atoms with Crippen LogP contribution in [0, 0.1) is 5.92 Å². The molecule has 2 atom stereocenters. The molecule has 0 spiro atoms. The van der Waals surface area contributed by atoms with Crippen molar-refractivity contribution in [2.24, 2.45) is 11.8 Å². The zero-order valence-corrected chi connectivity index (χ0v) is 8.77. The summed E-state index contributed by atoms with van der Waals surface area (Å²) in [5.74, 6) is 6.26. The predicted octanol–water partition coefficient (Wildman–Crippen LogP) is 2.44. The number of nitrogens with one attached hydrogen (secondary N) is 1. The lowest BCUT2D eigenvalue weighted by molar-refractivity contribution is 0.369. The summed E-state index contributed by atoms with van der Waals surface area (Å²) in [5, 5.41) is 0. The fourth-order valence-electron chi connectivity index (χ4n) is 1.71. The minimum Gasteiger partial charge on any atom is -0.271 e. The highest BCUT2D eigenvalue weighted by molar-refractivity contribution is 4.66. The lowest BCUT2D eigenvalue weighted by Crippen LogP contribution is -2.36. The third-order valence-electron chi connectivity index (χ3n) is 2.34. The average Bonchev–Trinajstić information content (AvgIpc) is 2.04. The van der Waals surface area contributed by atoms with E-state index in [-0.39, 0.29) is 0 Å². The molecule has 0 radical (unpaired) electrons. The Morgan fingerprint density at radius 3 is 2.17 bits per heavy atom. The number of hydrogen-bond acceptors (Lipinski definition) is 2. The first-order valence-corrected chi connectivity index (χ1v) is 5.20. The van der Waals surface area contributed by atoms with E-state index < -0.39 is 0 Å². The van der Waals surface area contributed by atoms with E-state index in [0.29, 0.717) is 6.04 Å². The van der Waals surface area contributed by atoms with E-state index in [4.69, 9.17) is 5.84 Å². The molecule has 2 unspecified atom stereocenters. The van der Waals surface area contributed by atoms with E-state index in [1.165, 1.54) is 32.1 Å². The molecule has 0 saturated carbocycles. The third kappa shape index (κ3) is 5.56. The maximum absolute atomic E-state index is 5.45. The van der Waals surface area contributed by atoms with Gasteiger partial charge in [-0.25, -0.2) is 0 Å². The molecular formula is C10H24N2. The van der Waals surface area contributed by atoms with E-state index in [9.17, 15) is 0 Å². The first-order chi connectivity index (χ1) is 5.74. The quantitative estimate of drug-likeness (QED) is 0.457. The van der Waals surface area contributed by atoms with Crippen molar-refractivity contribution in [2.45, 2.75) is 58.9 Å². The summed E-state index contributed by atoms with van der Waals surface area (Å²) >= 11 is 0. The summed E-state index contributed by atoms with van der Waals surface area (Å²) in [5.41, 5.74) is 2.89. The van der Waals surface area contributed by atoms with E-state index in [1.807, 2.05) is 0 Å². The van der Waals surface area contributed by atoms with Gasteiger partial charge in [-0.2, -0.15) is 0 Å². The summed E-state index contributed by atoms with van der Waals surface area (Å²) in [7, 11) is 0. The van der Waals surface area contributed by atoms with Gasteiger partial charge in [-0.3, -0.25) is 11.3 Å². The van der Waals surface area contributed by atoms with Crippen LogP contribution >= 0.6 is 0 Å². The van der Waals surface area contributed by atoms with Gasteiger partial charge in [0, 0.05) is 6.04 Å². The van der Waals surface area contributed by atoms with Crippen molar-refractivity contribution < 1.29 is 0 Å². The maximum Gasteiger partial charge on any atom is 0.0213 e. The van der Waals surface area contributed by atoms with E-state index in [1.54, 1.807) is 0 Å². The molecule has 0 aliphatic carbocycles. The molecule has 12 heavy (non-hydrogen) atoms. The van der Waals surface area contributed by atoms with Crippen molar-refractivity contribution in [3.8, 4) is 0 Å². The van der Waals surface area contributed by atoms with E-state index >= 15 is 0 Å². The SMILES string of the molecule is CCCC(C)CC(CCC)NN. The Morgan fingerprint density at radius 1 is 1.17 bits per heavy atom. The highest BCUT2D eigenvalue weighted by Gasteiger charge is 2.09. The van der Waals surface area contributed by atoms with Crippen LogP contribution in [0.2, 0.25) is 0 Å². The number of rotatable bonds is 7. The van der Waals surface area contributed by atoms with Gasteiger partial charge in [0.15, 0.2) is 0 Å². The van der Waals surface area contributed by atoms with Gasteiger partial charge in [0.1, 0.15) is 0 Å². The molecule has 2 nitrogen and oxygen atoms in total. The van der Waals surface area contributed by atoms with Gasteiger partial charge in [-0.15, -0.1) is 0 Å². The predicted molar refractivity (Wildman–Crippen MR) is 54.7 cm³/mol. The third-order valence-corrected chi connectivity index (χ3v) is 2.34. The van der Waals surface area contributed by atoms with Crippen molar-refractivity contribution in [1.82, 2.24) is 5.43 Å². The van der Waals surface area contributed by atoms with Crippen molar-refractivity contribution in [3.63, 3.8) is 0 Å². The summed E-state index contributed by atoms with van der Waals surface area (Å²) in [6.45, 7) is 6.75. The largest absolute Gasteiger partial charge is 0.271 e. The molecule has 2 heteroatoms. The fourth-order valence-corrected chi connectivity index (χ4v) is 1.71. The van der Waals surface area contributed by atoms with Gasteiger partial charge >= 0.3 is 0 Å². The van der Waals surface area contributed by atoms with Crippen LogP contribution in [-0.4, -0.2) is 6.04 Å². The van der Waals surface area contributed by atoms with Crippen LogP contribution in [0.1, 0.15) is 52.9 Å². The zero-order chi connectivity index (χ0) is 9.40.